The molecule has 0 aliphatic rings. The molecule has 0 aromatic carbocycles. The van der Waals surface area contributed by atoms with Gasteiger partial charge in [-0.05, 0) is 20.8 Å². The normalized spacial score (nSPS) is 10.8. The zero-order chi connectivity index (χ0) is 7.72. The van der Waals surface area contributed by atoms with Crippen LogP contribution in [0, 0.1) is 6.92 Å². The van der Waals surface area contributed by atoms with Crippen molar-refractivity contribution in [3.05, 3.63) is 5.69 Å². The Hall–Kier alpha value is -1.06. The zero-order valence-corrected chi connectivity index (χ0v) is 6.50. The maximum absolute atomic E-state index is 5.48. The summed E-state index contributed by atoms with van der Waals surface area (Å²) in [6.45, 7) is 6.00. The molecule has 0 aliphatic heterocycles. The number of nitrogens with two attached hydrogens (primary N) is 1. The van der Waals surface area contributed by atoms with Crippen molar-refractivity contribution in [1.29, 1.82) is 0 Å². The van der Waals surface area contributed by atoms with E-state index in [-0.39, 0.29) is 0 Å². The lowest BCUT2D eigenvalue weighted by Gasteiger charge is -2.04. The first-order chi connectivity index (χ1) is 4.63. The van der Waals surface area contributed by atoms with Crippen LogP contribution in [0.5, 0.6) is 0 Å². The van der Waals surface area contributed by atoms with Crippen LogP contribution in [-0.2, 0) is 0 Å². The van der Waals surface area contributed by atoms with Gasteiger partial charge in [0.2, 0.25) is 0 Å². The molecule has 0 bridgehead atoms. The highest BCUT2D eigenvalue weighted by molar-refractivity contribution is 5.31. The predicted molar refractivity (Wildman–Crippen MR) is 39.6 cm³/mol. The lowest BCUT2D eigenvalue weighted by atomic mass is 10.4. The fraction of sp³-hybridized carbons (Fsp3) is 0.667. The molecule has 1 aromatic rings. The van der Waals surface area contributed by atoms with E-state index in [9.17, 15) is 0 Å². The Morgan fingerprint density at radius 3 is 2.30 bits per heavy atom. The Balaban J connectivity index is 3.05. The largest absolute Gasteiger partial charge is 0.381 e. The summed E-state index contributed by atoms with van der Waals surface area (Å²) in [7, 11) is 0. The standard InChI is InChI=1S/C6H12N4/c1-4(2)10-5(3)6(7)8-9-10/h4H,7H2,1-3H3. The van der Waals surface area contributed by atoms with Crippen LogP contribution in [0.25, 0.3) is 0 Å². The molecule has 0 saturated heterocycles. The van der Waals surface area contributed by atoms with Gasteiger partial charge in [0.1, 0.15) is 0 Å². The third kappa shape index (κ3) is 0.964. The first kappa shape index (κ1) is 7.05. The van der Waals surface area contributed by atoms with E-state index in [2.05, 4.69) is 10.3 Å². The van der Waals surface area contributed by atoms with Crippen LogP contribution in [0.3, 0.4) is 0 Å². The molecule has 10 heavy (non-hydrogen) atoms. The van der Waals surface area contributed by atoms with Crippen molar-refractivity contribution < 1.29 is 0 Å². The molecule has 4 heteroatoms. The van der Waals surface area contributed by atoms with Gasteiger partial charge in [-0.15, -0.1) is 5.10 Å². The van der Waals surface area contributed by atoms with Gasteiger partial charge in [-0.25, -0.2) is 4.68 Å². The molecule has 0 saturated carbocycles. The minimum atomic E-state index is 0.338. The summed E-state index contributed by atoms with van der Waals surface area (Å²) in [6.07, 6.45) is 0. The van der Waals surface area contributed by atoms with E-state index in [4.69, 9.17) is 5.73 Å². The maximum Gasteiger partial charge on any atom is 0.168 e. The van der Waals surface area contributed by atoms with Crippen molar-refractivity contribution in [3.63, 3.8) is 0 Å². The van der Waals surface area contributed by atoms with Crippen LogP contribution in [-0.4, -0.2) is 15.0 Å². The lowest BCUT2D eigenvalue weighted by Crippen LogP contribution is -2.05. The number of anilines is 1. The molecule has 0 amide bonds. The molecule has 0 radical (unpaired) electrons. The highest BCUT2D eigenvalue weighted by atomic mass is 15.4. The number of nitrogen functional groups attached to an aromatic ring is 1. The fourth-order valence-corrected chi connectivity index (χ4v) is 0.844. The van der Waals surface area contributed by atoms with Crippen LogP contribution >= 0.6 is 0 Å². The zero-order valence-electron chi connectivity index (χ0n) is 6.50. The Bertz CT molecular complexity index is 226. The minimum absolute atomic E-state index is 0.338. The van der Waals surface area contributed by atoms with Gasteiger partial charge >= 0.3 is 0 Å². The molecule has 2 N–H and O–H groups in total. The van der Waals surface area contributed by atoms with E-state index in [1.54, 1.807) is 4.68 Å². The first-order valence-electron chi connectivity index (χ1n) is 3.30. The molecular formula is C6H12N4. The first-order valence-corrected chi connectivity index (χ1v) is 3.30. The average molecular weight is 140 g/mol. The van der Waals surface area contributed by atoms with Gasteiger partial charge in [-0.3, -0.25) is 0 Å². The lowest BCUT2D eigenvalue weighted by molar-refractivity contribution is 0.502. The van der Waals surface area contributed by atoms with Crippen molar-refractivity contribution in [3.8, 4) is 0 Å². The van der Waals surface area contributed by atoms with Crippen LogP contribution in [0.4, 0.5) is 5.82 Å². The third-order valence-corrected chi connectivity index (χ3v) is 1.45. The summed E-state index contributed by atoms with van der Waals surface area (Å²) in [6, 6.07) is 0.338. The van der Waals surface area contributed by atoms with Gasteiger partial charge in [0, 0.05) is 6.04 Å². The van der Waals surface area contributed by atoms with E-state index >= 15 is 0 Å². The van der Waals surface area contributed by atoms with Crippen molar-refractivity contribution in [2.75, 3.05) is 5.73 Å². The van der Waals surface area contributed by atoms with Gasteiger partial charge in [0.25, 0.3) is 0 Å². The molecule has 1 heterocycles. The number of rotatable bonds is 1. The monoisotopic (exact) mass is 140 g/mol. The number of hydrogen-bond acceptors (Lipinski definition) is 3. The van der Waals surface area contributed by atoms with E-state index in [1.165, 1.54) is 0 Å². The van der Waals surface area contributed by atoms with Crippen LogP contribution in [0.2, 0.25) is 0 Å². The quantitative estimate of drug-likeness (QED) is 0.626. The number of hydrogen-bond donors (Lipinski definition) is 1. The van der Waals surface area contributed by atoms with Crippen LogP contribution < -0.4 is 5.73 Å². The molecular weight excluding hydrogens is 128 g/mol. The Morgan fingerprint density at radius 2 is 2.10 bits per heavy atom. The van der Waals surface area contributed by atoms with Crippen molar-refractivity contribution >= 4 is 5.82 Å². The Kier molecular flexibility index (Phi) is 1.61. The summed E-state index contributed by atoms with van der Waals surface area (Å²) in [5, 5.41) is 7.58. The van der Waals surface area contributed by atoms with Gasteiger partial charge in [-0.2, -0.15) is 0 Å². The second kappa shape index (κ2) is 2.28. The highest BCUT2D eigenvalue weighted by Crippen LogP contribution is 2.10. The van der Waals surface area contributed by atoms with E-state index in [0.717, 1.165) is 5.69 Å². The van der Waals surface area contributed by atoms with Gasteiger partial charge in [-0.1, -0.05) is 5.21 Å². The van der Waals surface area contributed by atoms with Gasteiger partial charge in [0.05, 0.1) is 5.69 Å². The molecule has 56 valence electrons. The topological polar surface area (TPSA) is 56.7 Å². The van der Waals surface area contributed by atoms with E-state index in [1.807, 2.05) is 20.8 Å². The molecule has 1 aromatic heterocycles. The molecule has 0 unspecified atom stereocenters. The Morgan fingerprint density at radius 1 is 1.50 bits per heavy atom. The fourth-order valence-electron chi connectivity index (χ4n) is 0.844. The highest BCUT2D eigenvalue weighted by Gasteiger charge is 2.06. The average Bonchev–Trinajstić information content (AvgIpc) is 2.14. The van der Waals surface area contributed by atoms with Crippen LogP contribution in [0.15, 0.2) is 0 Å². The molecule has 4 nitrogen and oxygen atoms in total. The third-order valence-electron chi connectivity index (χ3n) is 1.45. The van der Waals surface area contributed by atoms with E-state index in [0.29, 0.717) is 11.9 Å². The molecule has 0 aliphatic carbocycles. The van der Waals surface area contributed by atoms with Crippen molar-refractivity contribution in [1.82, 2.24) is 15.0 Å². The summed E-state index contributed by atoms with van der Waals surface area (Å²) < 4.78 is 1.80. The minimum Gasteiger partial charge on any atom is -0.381 e. The van der Waals surface area contributed by atoms with Gasteiger partial charge in [0.15, 0.2) is 5.82 Å². The summed E-state index contributed by atoms with van der Waals surface area (Å²) in [4.78, 5) is 0. The van der Waals surface area contributed by atoms with Crippen LogP contribution in [0.1, 0.15) is 25.6 Å². The molecule has 0 atom stereocenters. The second-order valence-electron chi connectivity index (χ2n) is 2.60. The van der Waals surface area contributed by atoms with Gasteiger partial charge < -0.3 is 5.73 Å². The molecule has 1 rings (SSSR count). The van der Waals surface area contributed by atoms with Crippen molar-refractivity contribution in [2.24, 2.45) is 0 Å². The SMILES string of the molecule is Cc1c(N)nnn1C(C)C. The maximum atomic E-state index is 5.48. The summed E-state index contributed by atoms with van der Waals surface area (Å²) in [5.41, 5.74) is 6.42. The predicted octanol–water partition coefficient (Wildman–Crippen LogP) is 0.750. The van der Waals surface area contributed by atoms with E-state index < -0.39 is 0 Å². The second-order valence-corrected chi connectivity index (χ2v) is 2.60. The molecule has 0 spiro atoms. The summed E-state index contributed by atoms with van der Waals surface area (Å²) >= 11 is 0. The smallest absolute Gasteiger partial charge is 0.168 e. The summed E-state index contributed by atoms with van der Waals surface area (Å²) in [5.74, 6) is 0.522. The number of nitrogens with zero attached hydrogens (tertiary/aromatic N) is 3. The molecule has 0 fully saturated rings. The number of aromatic nitrogens is 3. The van der Waals surface area contributed by atoms with Crippen molar-refractivity contribution in [2.45, 2.75) is 26.8 Å². The Labute approximate surface area is 60.0 Å².